The molecule has 0 radical (unpaired) electrons. The highest BCUT2D eigenvalue weighted by atomic mass is 14.9. The number of allylic oxidation sites excluding steroid dienone is 8. The average molecular weight is 424 g/mol. The Kier molecular flexibility index (Phi) is 10.3. The van der Waals surface area contributed by atoms with Gasteiger partial charge in [-0.3, -0.25) is 0 Å². The summed E-state index contributed by atoms with van der Waals surface area (Å²) in [5.74, 6) is 0.597. The molecule has 1 N–H and O–H groups in total. The fraction of sp³-hybridized carbons (Fsp3) is 0.600. The lowest BCUT2D eigenvalue weighted by molar-refractivity contribution is 0.249. The first-order valence-electron chi connectivity index (χ1n) is 12.1. The van der Waals surface area contributed by atoms with Gasteiger partial charge in [-0.05, 0) is 78.9 Å². The Morgan fingerprint density at radius 3 is 2.13 bits per heavy atom. The standard InChI is InChI=1S/C30H49N/c1-22(2)30(10,11)21-24(4)28(23(3)20-29(7,8)9)19-26(6)31-25(5)17-18-27-15-13-12-14-16-27/h13,15-16,19,22,26,31H,3-5,12,14,17-18,20-21H2,1-2,6-11H3/b28-19+/t26-/m1/s1. The molecule has 174 valence electrons. The van der Waals surface area contributed by atoms with E-state index in [2.05, 4.69) is 105 Å². The molecule has 0 unspecified atom stereocenters. The van der Waals surface area contributed by atoms with Crippen molar-refractivity contribution in [2.75, 3.05) is 0 Å². The number of nitrogens with one attached hydrogen (secondary N) is 1. The first-order valence-corrected chi connectivity index (χ1v) is 12.1. The topological polar surface area (TPSA) is 12.0 Å². The van der Waals surface area contributed by atoms with Crippen LogP contribution in [0.4, 0.5) is 0 Å². The van der Waals surface area contributed by atoms with Crippen molar-refractivity contribution in [1.82, 2.24) is 5.32 Å². The molecule has 0 spiro atoms. The van der Waals surface area contributed by atoms with Gasteiger partial charge >= 0.3 is 0 Å². The van der Waals surface area contributed by atoms with Gasteiger partial charge in [0, 0.05) is 11.7 Å². The Balaban J connectivity index is 2.90. The predicted molar refractivity (Wildman–Crippen MR) is 141 cm³/mol. The first-order chi connectivity index (χ1) is 14.2. The second-order valence-corrected chi connectivity index (χ2v) is 11.6. The Hall–Kier alpha value is -1.76. The van der Waals surface area contributed by atoms with E-state index in [0.29, 0.717) is 5.92 Å². The molecule has 0 saturated heterocycles. The predicted octanol–water partition coefficient (Wildman–Crippen LogP) is 9.08. The monoisotopic (exact) mass is 423 g/mol. The molecule has 0 aliphatic heterocycles. The van der Waals surface area contributed by atoms with Crippen molar-refractivity contribution in [2.45, 2.75) is 100.0 Å². The Morgan fingerprint density at radius 2 is 1.61 bits per heavy atom. The molecule has 1 heteroatoms. The maximum atomic E-state index is 4.51. The quantitative estimate of drug-likeness (QED) is 0.309. The van der Waals surface area contributed by atoms with Gasteiger partial charge in [0.1, 0.15) is 0 Å². The van der Waals surface area contributed by atoms with E-state index in [1.165, 1.54) is 35.1 Å². The molecular weight excluding hydrogens is 374 g/mol. The Labute approximate surface area is 194 Å². The Morgan fingerprint density at radius 1 is 1.00 bits per heavy atom. The minimum Gasteiger partial charge on any atom is -0.383 e. The lowest BCUT2D eigenvalue weighted by Gasteiger charge is -2.32. The third kappa shape index (κ3) is 10.4. The highest BCUT2D eigenvalue weighted by molar-refractivity contribution is 5.45. The van der Waals surface area contributed by atoms with E-state index in [1.54, 1.807) is 0 Å². The zero-order chi connectivity index (χ0) is 23.8. The van der Waals surface area contributed by atoms with Crippen molar-refractivity contribution in [2.24, 2.45) is 16.7 Å². The van der Waals surface area contributed by atoms with Crippen molar-refractivity contribution in [3.05, 3.63) is 72.0 Å². The summed E-state index contributed by atoms with van der Waals surface area (Å²) in [4.78, 5) is 0. The van der Waals surface area contributed by atoms with Crippen molar-refractivity contribution in [3.63, 3.8) is 0 Å². The van der Waals surface area contributed by atoms with Crippen LogP contribution in [-0.4, -0.2) is 6.04 Å². The fourth-order valence-corrected chi connectivity index (χ4v) is 3.90. The molecular formula is C30H49N. The van der Waals surface area contributed by atoms with Gasteiger partial charge in [-0.15, -0.1) is 0 Å². The molecule has 1 nitrogen and oxygen atoms in total. The van der Waals surface area contributed by atoms with Crippen LogP contribution < -0.4 is 5.32 Å². The van der Waals surface area contributed by atoms with Crippen LogP contribution in [0.2, 0.25) is 0 Å². The molecule has 0 amide bonds. The van der Waals surface area contributed by atoms with Crippen LogP contribution in [0.3, 0.4) is 0 Å². The summed E-state index contributed by atoms with van der Waals surface area (Å²) < 4.78 is 0. The van der Waals surface area contributed by atoms with E-state index < -0.39 is 0 Å². The summed E-state index contributed by atoms with van der Waals surface area (Å²) in [6.45, 7) is 31.6. The molecule has 31 heavy (non-hydrogen) atoms. The van der Waals surface area contributed by atoms with E-state index in [0.717, 1.165) is 31.4 Å². The third-order valence-electron chi connectivity index (χ3n) is 6.37. The molecule has 1 aliphatic carbocycles. The van der Waals surface area contributed by atoms with Gasteiger partial charge in [0.2, 0.25) is 0 Å². The fourth-order valence-electron chi connectivity index (χ4n) is 3.90. The summed E-state index contributed by atoms with van der Waals surface area (Å²) in [6, 6.07) is 0.189. The second kappa shape index (κ2) is 11.7. The third-order valence-corrected chi connectivity index (χ3v) is 6.37. The van der Waals surface area contributed by atoms with Crippen molar-refractivity contribution < 1.29 is 0 Å². The molecule has 0 bridgehead atoms. The zero-order valence-corrected chi connectivity index (χ0v) is 21.8. The van der Waals surface area contributed by atoms with Gasteiger partial charge in [0.15, 0.2) is 0 Å². The van der Waals surface area contributed by atoms with E-state index in [4.69, 9.17) is 0 Å². The zero-order valence-electron chi connectivity index (χ0n) is 21.8. The van der Waals surface area contributed by atoms with E-state index in [-0.39, 0.29) is 16.9 Å². The van der Waals surface area contributed by atoms with Gasteiger partial charge < -0.3 is 5.32 Å². The lowest BCUT2D eigenvalue weighted by atomic mass is 9.73. The van der Waals surface area contributed by atoms with Crippen molar-refractivity contribution in [1.29, 1.82) is 0 Å². The van der Waals surface area contributed by atoms with Gasteiger partial charge in [-0.25, -0.2) is 0 Å². The molecule has 0 aromatic heterocycles. The molecule has 1 aliphatic rings. The van der Waals surface area contributed by atoms with E-state index in [9.17, 15) is 0 Å². The minimum atomic E-state index is 0.189. The van der Waals surface area contributed by atoms with Crippen LogP contribution >= 0.6 is 0 Å². The highest BCUT2D eigenvalue weighted by Gasteiger charge is 2.26. The SMILES string of the molecule is C=C(CCC1=CCCC=C1)N[C@H](C)/C=C(\C(=C)CC(C)(C)C)C(=C)CC(C)(C)C(C)C. The van der Waals surface area contributed by atoms with Gasteiger partial charge in [0.25, 0.3) is 0 Å². The normalized spacial score (nSPS) is 16.2. The van der Waals surface area contributed by atoms with Gasteiger partial charge in [-0.2, -0.15) is 0 Å². The number of hydrogen-bond donors (Lipinski definition) is 1. The van der Waals surface area contributed by atoms with Crippen molar-refractivity contribution in [3.8, 4) is 0 Å². The van der Waals surface area contributed by atoms with E-state index >= 15 is 0 Å². The molecule has 1 atom stereocenters. The van der Waals surface area contributed by atoms with Crippen LogP contribution in [0, 0.1) is 16.7 Å². The maximum Gasteiger partial charge on any atom is 0.0421 e. The maximum absolute atomic E-state index is 4.51. The lowest BCUT2D eigenvalue weighted by Crippen LogP contribution is -2.25. The van der Waals surface area contributed by atoms with Crippen LogP contribution in [-0.2, 0) is 0 Å². The van der Waals surface area contributed by atoms with Crippen LogP contribution in [0.15, 0.2) is 72.0 Å². The first kappa shape index (κ1) is 27.3. The largest absolute Gasteiger partial charge is 0.383 e. The molecule has 0 aromatic carbocycles. The Bertz CT molecular complexity index is 731. The smallest absolute Gasteiger partial charge is 0.0421 e. The van der Waals surface area contributed by atoms with Crippen LogP contribution in [0.25, 0.3) is 0 Å². The summed E-state index contributed by atoms with van der Waals surface area (Å²) in [7, 11) is 0. The van der Waals surface area contributed by atoms with Crippen LogP contribution in [0.1, 0.15) is 93.9 Å². The number of rotatable bonds is 12. The highest BCUT2D eigenvalue weighted by Crippen LogP contribution is 2.38. The minimum absolute atomic E-state index is 0.189. The van der Waals surface area contributed by atoms with Crippen LogP contribution in [0.5, 0.6) is 0 Å². The average Bonchev–Trinajstić information content (AvgIpc) is 2.63. The summed E-state index contributed by atoms with van der Waals surface area (Å²) in [5, 5.41) is 3.60. The summed E-state index contributed by atoms with van der Waals surface area (Å²) in [6.07, 6.45) is 15.5. The number of hydrogen-bond acceptors (Lipinski definition) is 1. The van der Waals surface area contributed by atoms with Gasteiger partial charge in [-0.1, -0.05) is 98.1 Å². The summed E-state index contributed by atoms with van der Waals surface area (Å²) >= 11 is 0. The molecule has 0 heterocycles. The van der Waals surface area contributed by atoms with Gasteiger partial charge in [0.05, 0.1) is 0 Å². The molecule has 1 rings (SSSR count). The molecule has 0 saturated carbocycles. The summed E-state index contributed by atoms with van der Waals surface area (Å²) in [5.41, 5.74) is 6.55. The van der Waals surface area contributed by atoms with Crippen molar-refractivity contribution >= 4 is 0 Å². The molecule has 0 aromatic rings. The second-order valence-electron chi connectivity index (χ2n) is 11.6. The van der Waals surface area contributed by atoms with E-state index in [1.807, 2.05) is 0 Å². The molecule has 0 fully saturated rings.